The van der Waals surface area contributed by atoms with E-state index in [9.17, 15) is 13.2 Å². The van der Waals surface area contributed by atoms with Crippen LogP contribution in [-0.2, 0) is 21.4 Å². The smallest absolute Gasteiger partial charge is 0.276 e. The fraction of sp³-hybridized carbons (Fsp3) is 0.217. The van der Waals surface area contributed by atoms with Gasteiger partial charge in [-0.1, -0.05) is 37.3 Å². The number of carbonyl (C=O) groups excluding carboxylic acids is 1. The molecule has 0 fully saturated rings. The molecule has 2 aliphatic rings. The second-order valence-electron chi connectivity index (χ2n) is 7.17. The molecule has 1 atom stereocenters. The van der Waals surface area contributed by atoms with Gasteiger partial charge in [-0.15, -0.1) is 0 Å². The van der Waals surface area contributed by atoms with Crippen LogP contribution in [-0.4, -0.2) is 31.8 Å². The van der Waals surface area contributed by atoms with Crippen molar-refractivity contribution in [2.24, 2.45) is 0 Å². The van der Waals surface area contributed by atoms with Gasteiger partial charge in [0.2, 0.25) is 10.0 Å². The van der Waals surface area contributed by atoms with Crippen LogP contribution in [0.2, 0.25) is 0 Å². The number of benzene rings is 2. The van der Waals surface area contributed by atoms with Crippen LogP contribution in [0.1, 0.15) is 29.3 Å². The third kappa shape index (κ3) is 7.45. The van der Waals surface area contributed by atoms with Crippen LogP contribution in [0.25, 0.3) is 11.1 Å². The highest BCUT2D eigenvalue weighted by Gasteiger charge is 2.16. The third-order valence-electron chi connectivity index (χ3n) is 4.53. The Labute approximate surface area is 188 Å². The van der Waals surface area contributed by atoms with Gasteiger partial charge in [-0.25, -0.2) is 13.9 Å². The molecule has 1 aromatic carbocycles. The van der Waals surface area contributed by atoms with Crippen LogP contribution < -0.4 is 15.5 Å². The van der Waals surface area contributed by atoms with Crippen molar-refractivity contribution in [2.45, 2.75) is 26.1 Å². The number of hydroxylamine groups is 1. The maximum Gasteiger partial charge on any atom is 0.276 e. The molecule has 32 heavy (non-hydrogen) atoms. The first kappa shape index (κ1) is 23.4. The second-order valence-corrected chi connectivity index (χ2v) is 8.95. The predicted molar refractivity (Wildman–Crippen MR) is 124 cm³/mol. The van der Waals surface area contributed by atoms with Crippen LogP contribution in [0, 0.1) is 0 Å². The van der Waals surface area contributed by atoms with E-state index in [2.05, 4.69) is 44.8 Å². The molecule has 2 aliphatic carbocycles. The fourth-order valence-corrected chi connectivity index (χ4v) is 3.51. The van der Waals surface area contributed by atoms with Crippen molar-refractivity contribution in [3.63, 3.8) is 0 Å². The van der Waals surface area contributed by atoms with Gasteiger partial charge in [0.05, 0.1) is 11.8 Å². The molecule has 168 valence electrons. The Morgan fingerprint density at radius 1 is 1.03 bits per heavy atom. The van der Waals surface area contributed by atoms with Gasteiger partial charge in [0.25, 0.3) is 5.91 Å². The summed E-state index contributed by atoms with van der Waals surface area (Å²) >= 11 is 0. The van der Waals surface area contributed by atoms with Crippen molar-refractivity contribution < 1.29 is 18.0 Å². The molecular weight excluding hydrogens is 428 g/mol. The van der Waals surface area contributed by atoms with Crippen molar-refractivity contribution in [3.8, 4) is 11.1 Å². The minimum atomic E-state index is -3.44. The van der Waals surface area contributed by atoms with E-state index < -0.39 is 22.2 Å². The quantitative estimate of drug-likeness (QED) is 0.264. The van der Waals surface area contributed by atoms with Gasteiger partial charge in [0, 0.05) is 24.6 Å². The molecule has 4 rings (SSSR count). The van der Waals surface area contributed by atoms with E-state index in [4.69, 9.17) is 4.84 Å². The molecule has 1 unspecified atom stereocenters. The molecule has 0 aliphatic heterocycles. The predicted octanol–water partition coefficient (Wildman–Crippen LogP) is 3.31. The lowest BCUT2D eigenvalue weighted by Gasteiger charge is -2.17. The Bertz CT molecular complexity index is 1140. The van der Waals surface area contributed by atoms with E-state index in [1.165, 1.54) is 11.1 Å². The number of carbonyl (C=O) groups is 1. The van der Waals surface area contributed by atoms with Gasteiger partial charge in [-0.05, 0) is 53.4 Å². The highest BCUT2D eigenvalue weighted by Crippen LogP contribution is 2.32. The van der Waals surface area contributed by atoms with Crippen LogP contribution in [0.4, 0.5) is 5.69 Å². The summed E-state index contributed by atoms with van der Waals surface area (Å²) in [6, 6.07) is 19.2. The number of nitrogens with zero attached hydrogens (tertiary/aromatic N) is 1. The molecule has 0 bridgehead atoms. The highest BCUT2D eigenvalue weighted by atomic mass is 32.2. The number of hydrogen-bond donors (Lipinski definition) is 3. The van der Waals surface area contributed by atoms with Crippen molar-refractivity contribution >= 4 is 21.6 Å². The second kappa shape index (κ2) is 10.9. The number of fused-ring (bicyclic) bond motifs is 1. The number of amides is 1. The van der Waals surface area contributed by atoms with Crippen molar-refractivity contribution in [2.75, 3.05) is 11.6 Å². The minimum Gasteiger partial charge on any atom is -0.380 e. The first-order valence-electron chi connectivity index (χ1n) is 10.1. The first-order chi connectivity index (χ1) is 15.4. The molecule has 0 spiro atoms. The number of rotatable bonds is 9. The van der Waals surface area contributed by atoms with E-state index in [1.54, 1.807) is 37.5 Å². The normalized spacial score (nSPS) is 12.2. The van der Waals surface area contributed by atoms with E-state index >= 15 is 0 Å². The van der Waals surface area contributed by atoms with Crippen LogP contribution in [0.5, 0.6) is 0 Å². The Morgan fingerprint density at radius 3 is 2.28 bits per heavy atom. The van der Waals surface area contributed by atoms with Crippen LogP contribution in [0.3, 0.4) is 0 Å². The van der Waals surface area contributed by atoms with Crippen molar-refractivity contribution in [1.82, 2.24) is 15.2 Å². The molecular formula is C23H26N4O4S. The molecule has 9 heteroatoms. The fourth-order valence-electron chi connectivity index (χ4n) is 2.82. The van der Waals surface area contributed by atoms with Gasteiger partial charge < -0.3 is 5.32 Å². The summed E-state index contributed by atoms with van der Waals surface area (Å²) in [6.07, 6.45) is 3.94. The SMILES string of the molecule is CCC(NS(C)(=O)=O)ONC(=O)c1ccccc1NCc1ccncc1.c1cc2cc-2c1. The number of nitrogens with one attached hydrogen (secondary N) is 3. The van der Waals surface area contributed by atoms with Gasteiger partial charge in [-0.2, -0.15) is 4.72 Å². The zero-order chi connectivity index (χ0) is 23.0. The summed E-state index contributed by atoms with van der Waals surface area (Å²) in [6.45, 7) is 2.26. The van der Waals surface area contributed by atoms with Gasteiger partial charge >= 0.3 is 0 Å². The number of para-hydroxylation sites is 1. The van der Waals surface area contributed by atoms with Crippen LogP contribution in [0.15, 0.2) is 73.1 Å². The summed E-state index contributed by atoms with van der Waals surface area (Å²) in [7, 11) is -3.44. The van der Waals surface area contributed by atoms with Crippen molar-refractivity contribution in [1.29, 1.82) is 0 Å². The number of sulfonamides is 1. The zero-order valence-electron chi connectivity index (χ0n) is 17.9. The Morgan fingerprint density at radius 2 is 1.72 bits per heavy atom. The average Bonchev–Trinajstić information content (AvgIpc) is 3.39. The lowest BCUT2D eigenvalue weighted by molar-refractivity contribution is -0.0223. The molecule has 1 heterocycles. The summed E-state index contributed by atoms with van der Waals surface area (Å²) in [5.74, 6) is -0.475. The monoisotopic (exact) mass is 454 g/mol. The molecule has 8 nitrogen and oxygen atoms in total. The third-order valence-corrected chi connectivity index (χ3v) is 5.22. The van der Waals surface area contributed by atoms with Gasteiger partial charge in [0.15, 0.2) is 0 Å². The van der Waals surface area contributed by atoms with E-state index in [0.717, 1.165) is 11.8 Å². The molecule has 0 saturated carbocycles. The Hall–Kier alpha value is -3.27. The number of pyridine rings is 1. The average molecular weight is 455 g/mol. The van der Waals surface area contributed by atoms with Gasteiger partial charge in [0.1, 0.15) is 6.23 Å². The summed E-state index contributed by atoms with van der Waals surface area (Å²) in [5, 5.41) is 3.19. The summed E-state index contributed by atoms with van der Waals surface area (Å²) < 4.78 is 24.8. The topological polar surface area (TPSA) is 109 Å². The number of anilines is 1. The maximum absolute atomic E-state index is 12.4. The van der Waals surface area contributed by atoms with Crippen LogP contribution >= 0.6 is 0 Å². The largest absolute Gasteiger partial charge is 0.380 e. The number of aromatic nitrogens is 1. The van der Waals surface area contributed by atoms with E-state index in [1.807, 2.05) is 18.2 Å². The zero-order valence-corrected chi connectivity index (χ0v) is 18.7. The van der Waals surface area contributed by atoms with E-state index in [0.29, 0.717) is 24.2 Å². The Balaban J connectivity index is 0.000000405. The lowest BCUT2D eigenvalue weighted by atomic mass is 10.1. The lowest BCUT2D eigenvalue weighted by Crippen LogP contribution is -2.41. The number of hydrogen-bond acceptors (Lipinski definition) is 6. The van der Waals surface area contributed by atoms with E-state index in [-0.39, 0.29) is 0 Å². The standard InChI is InChI=1S/C17H22N4O4S.C6H4/c1-3-16(21-26(2,23)24)25-20-17(22)14-6-4-5-7-15(14)19-12-13-8-10-18-11-9-13;1-2-5-4-6(5)3-1/h4-11,16,19,21H,3,12H2,1-2H3,(H,20,22);1-4H. The summed E-state index contributed by atoms with van der Waals surface area (Å²) in [4.78, 5) is 21.5. The first-order valence-corrected chi connectivity index (χ1v) is 12.0. The minimum absolute atomic E-state index is 0.356. The Kier molecular flexibility index (Phi) is 7.93. The van der Waals surface area contributed by atoms with Crippen molar-refractivity contribution in [3.05, 3.63) is 84.2 Å². The summed E-state index contributed by atoms with van der Waals surface area (Å²) in [5.41, 5.74) is 7.19. The molecule has 2 aromatic rings. The molecule has 1 aromatic heterocycles. The van der Waals surface area contributed by atoms with Gasteiger partial charge in [-0.3, -0.25) is 14.6 Å². The molecule has 1 amide bonds. The molecule has 0 radical (unpaired) electrons. The molecule has 0 saturated heterocycles. The maximum atomic E-state index is 12.4. The molecule has 3 N–H and O–H groups in total. The highest BCUT2D eigenvalue weighted by molar-refractivity contribution is 7.88.